The highest BCUT2D eigenvalue weighted by Crippen LogP contribution is 2.32. The van der Waals surface area contributed by atoms with Gasteiger partial charge in [0.05, 0.1) is 6.20 Å². The second-order valence-electron chi connectivity index (χ2n) is 8.17. The number of H-pyrrole nitrogens is 1. The van der Waals surface area contributed by atoms with Gasteiger partial charge in [0.15, 0.2) is 5.16 Å². The van der Waals surface area contributed by atoms with Gasteiger partial charge < -0.3 is 20.4 Å². The molecule has 1 amide bonds. The van der Waals surface area contributed by atoms with E-state index >= 15 is 0 Å². The highest BCUT2D eigenvalue weighted by Gasteiger charge is 2.29. The van der Waals surface area contributed by atoms with E-state index in [2.05, 4.69) is 37.7 Å². The van der Waals surface area contributed by atoms with Crippen molar-refractivity contribution >= 4 is 40.8 Å². The molecule has 0 unspecified atom stereocenters. The highest BCUT2D eigenvalue weighted by atomic mass is 32.2. The number of aromatic nitrogens is 4. The molecule has 2 aromatic heterocycles. The van der Waals surface area contributed by atoms with Crippen molar-refractivity contribution < 1.29 is 4.79 Å². The molecule has 0 spiro atoms. The number of carbonyl (C=O) groups excluding carboxylic acids is 1. The number of nitrogens with zero attached hydrogens (tertiary/aromatic N) is 5. The Hall–Kier alpha value is -3.11. The van der Waals surface area contributed by atoms with Crippen molar-refractivity contribution in [1.82, 2.24) is 25.1 Å². The molecule has 1 aromatic carbocycles. The molecule has 3 heterocycles. The maximum atomic E-state index is 12.0. The smallest absolute Gasteiger partial charge is 0.227 e. The van der Waals surface area contributed by atoms with Gasteiger partial charge in [-0.2, -0.15) is 5.10 Å². The van der Waals surface area contributed by atoms with Crippen LogP contribution in [0.4, 0.5) is 23.1 Å². The Morgan fingerprint density at radius 3 is 2.56 bits per heavy atom. The van der Waals surface area contributed by atoms with Crippen molar-refractivity contribution in [2.75, 3.05) is 48.8 Å². The maximum absolute atomic E-state index is 12.0. The third kappa shape index (κ3) is 5.20. The second-order valence-corrected chi connectivity index (χ2v) is 9.21. The molecule has 0 radical (unpaired) electrons. The van der Waals surface area contributed by atoms with Crippen LogP contribution in [0.2, 0.25) is 0 Å². The molecule has 3 N–H and O–H groups in total. The molecular weight excluding hydrogens is 424 g/mol. The van der Waals surface area contributed by atoms with Gasteiger partial charge in [0.25, 0.3) is 0 Å². The van der Waals surface area contributed by atoms with Crippen molar-refractivity contribution in [1.29, 1.82) is 0 Å². The first-order chi connectivity index (χ1) is 15.6. The van der Waals surface area contributed by atoms with Gasteiger partial charge in [-0.3, -0.25) is 9.89 Å². The zero-order chi connectivity index (χ0) is 21.9. The van der Waals surface area contributed by atoms with Crippen LogP contribution in [0.1, 0.15) is 12.8 Å². The first kappa shape index (κ1) is 20.8. The van der Waals surface area contributed by atoms with Crippen LogP contribution < -0.4 is 15.5 Å². The molecule has 166 valence electrons. The summed E-state index contributed by atoms with van der Waals surface area (Å²) in [4.78, 5) is 27.1. The topological polar surface area (TPSA) is 102 Å². The summed E-state index contributed by atoms with van der Waals surface area (Å²) in [7, 11) is 2.14. The van der Waals surface area contributed by atoms with Gasteiger partial charge in [-0.25, -0.2) is 9.97 Å². The summed E-state index contributed by atoms with van der Waals surface area (Å²) < 4.78 is 0. The van der Waals surface area contributed by atoms with Gasteiger partial charge >= 0.3 is 0 Å². The average molecular weight is 451 g/mol. The molecule has 9 nitrogen and oxygen atoms in total. The maximum Gasteiger partial charge on any atom is 0.227 e. The van der Waals surface area contributed by atoms with Crippen molar-refractivity contribution in [3.8, 4) is 0 Å². The molecule has 10 heteroatoms. The lowest BCUT2D eigenvalue weighted by atomic mass is 10.3. The van der Waals surface area contributed by atoms with Crippen LogP contribution in [0.15, 0.2) is 52.6 Å². The van der Waals surface area contributed by atoms with E-state index in [1.807, 2.05) is 36.4 Å². The Kier molecular flexibility index (Phi) is 5.95. The Bertz CT molecular complexity index is 1060. The Morgan fingerprint density at radius 2 is 1.88 bits per heavy atom. The van der Waals surface area contributed by atoms with Crippen molar-refractivity contribution in [3.63, 3.8) is 0 Å². The molecule has 1 aliphatic heterocycles. The molecule has 2 fully saturated rings. The van der Waals surface area contributed by atoms with Gasteiger partial charge in [0, 0.05) is 54.8 Å². The molecule has 3 aromatic rings. The van der Waals surface area contributed by atoms with E-state index in [0.717, 1.165) is 61.2 Å². The van der Waals surface area contributed by atoms with Gasteiger partial charge in [0.1, 0.15) is 17.5 Å². The number of amides is 1. The molecule has 2 aliphatic rings. The third-order valence-electron chi connectivity index (χ3n) is 5.56. The number of nitrogens with one attached hydrogen (secondary N) is 3. The van der Waals surface area contributed by atoms with Crippen LogP contribution in [0.5, 0.6) is 0 Å². The van der Waals surface area contributed by atoms with Crippen LogP contribution in [0.25, 0.3) is 0 Å². The van der Waals surface area contributed by atoms with Crippen molar-refractivity contribution in [2.24, 2.45) is 5.92 Å². The number of benzene rings is 1. The average Bonchev–Trinajstić information content (AvgIpc) is 3.53. The van der Waals surface area contributed by atoms with Crippen molar-refractivity contribution in [3.05, 3.63) is 42.6 Å². The van der Waals surface area contributed by atoms with Crippen LogP contribution in [0, 0.1) is 5.92 Å². The van der Waals surface area contributed by atoms with E-state index in [-0.39, 0.29) is 11.8 Å². The zero-order valence-electron chi connectivity index (χ0n) is 17.9. The fourth-order valence-electron chi connectivity index (χ4n) is 3.49. The molecule has 1 aliphatic carbocycles. The van der Waals surface area contributed by atoms with Gasteiger partial charge in [-0.05, 0) is 55.9 Å². The summed E-state index contributed by atoms with van der Waals surface area (Å²) in [5, 5.41) is 13.8. The predicted molar refractivity (Wildman–Crippen MR) is 126 cm³/mol. The minimum atomic E-state index is 0.114. The number of hydrogen-bond donors (Lipinski definition) is 3. The number of anilines is 4. The summed E-state index contributed by atoms with van der Waals surface area (Å²) in [5.41, 5.74) is 0.819. The number of likely N-dealkylation sites (N-methyl/N-ethyl adjacent to an activating group) is 1. The zero-order valence-corrected chi connectivity index (χ0v) is 18.7. The van der Waals surface area contributed by atoms with Gasteiger partial charge in [0.2, 0.25) is 5.91 Å². The Labute approximate surface area is 191 Å². The molecular formula is C22H26N8OS. The number of piperazine rings is 1. The minimum absolute atomic E-state index is 0.114. The van der Waals surface area contributed by atoms with E-state index in [9.17, 15) is 4.79 Å². The normalized spacial score (nSPS) is 16.7. The lowest BCUT2D eigenvalue weighted by molar-refractivity contribution is -0.117. The largest absolute Gasteiger partial charge is 0.354 e. The number of rotatable bonds is 7. The summed E-state index contributed by atoms with van der Waals surface area (Å²) in [6.07, 6.45) is 3.69. The fraction of sp³-hybridized carbons (Fsp3) is 0.364. The number of carbonyl (C=O) groups is 1. The molecule has 0 bridgehead atoms. The quantitative estimate of drug-likeness (QED) is 0.472. The number of aromatic amines is 1. The standard InChI is InChI=1S/C22H26N8OS/c1-29-10-12-30(13-11-29)20-14-19(25-18-8-9-23-28-18)26-22(27-20)32-17-6-4-16(5-7-17)24-21(31)15-2-3-15/h4-9,14-15H,2-3,10-13H2,1H3,(H,24,31)(H2,23,25,26,27,28). The summed E-state index contributed by atoms with van der Waals surface area (Å²) in [6, 6.07) is 11.7. The lowest BCUT2D eigenvalue weighted by Crippen LogP contribution is -2.44. The van der Waals surface area contributed by atoms with E-state index in [1.54, 1.807) is 6.20 Å². The monoisotopic (exact) mass is 450 g/mol. The molecule has 32 heavy (non-hydrogen) atoms. The van der Waals surface area contributed by atoms with E-state index in [1.165, 1.54) is 11.8 Å². The summed E-state index contributed by atoms with van der Waals surface area (Å²) in [5.74, 6) is 2.71. The van der Waals surface area contributed by atoms with Gasteiger partial charge in [-0.15, -0.1) is 0 Å². The van der Waals surface area contributed by atoms with Crippen LogP contribution in [-0.4, -0.2) is 64.2 Å². The Balaban J connectivity index is 1.34. The minimum Gasteiger partial charge on any atom is -0.354 e. The van der Waals surface area contributed by atoms with Crippen LogP contribution in [-0.2, 0) is 4.79 Å². The van der Waals surface area contributed by atoms with E-state index in [0.29, 0.717) is 11.0 Å². The molecule has 1 saturated carbocycles. The lowest BCUT2D eigenvalue weighted by Gasteiger charge is -2.33. The Morgan fingerprint density at radius 1 is 1.09 bits per heavy atom. The van der Waals surface area contributed by atoms with E-state index in [4.69, 9.17) is 9.97 Å². The summed E-state index contributed by atoms with van der Waals surface area (Å²) in [6.45, 7) is 3.86. The molecule has 5 rings (SSSR count). The SMILES string of the molecule is CN1CCN(c2cc(Nc3ccn[nH]3)nc(Sc3ccc(NC(=O)C4CC4)cc3)n2)CC1. The third-order valence-corrected chi connectivity index (χ3v) is 6.44. The number of hydrogen-bond acceptors (Lipinski definition) is 8. The highest BCUT2D eigenvalue weighted by molar-refractivity contribution is 7.99. The van der Waals surface area contributed by atoms with Crippen molar-refractivity contribution in [2.45, 2.75) is 22.9 Å². The fourth-order valence-corrected chi connectivity index (χ4v) is 4.25. The molecule has 0 atom stereocenters. The second kappa shape index (κ2) is 9.17. The summed E-state index contributed by atoms with van der Waals surface area (Å²) >= 11 is 1.50. The van der Waals surface area contributed by atoms with Crippen LogP contribution >= 0.6 is 11.8 Å². The van der Waals surface area contributed by atoms with Crippen LogP contribution in [0.3, 0.4) is 0 Å². The van der Waals surface area contributed by atoms with E-state index < -0.39 is 0 Å². The first-order valence-electron chi connectivity index (χ1n) is 10.8. The van der Waals surface area contributed by atoms with Gasteiger partial charge in [-0.1, -0.05) is 0 Å². The predicted octanol–water partition coefficient (Wildman–Crippen LogP) is 3.19. The first-order valence-corrected chi connectivity index (χ1v) is 11.6. The molecule has 1 saturated heterocycles.